The Morgan fingerprint density at radius 2 is 2.12 bits per heavy atom. The van der Waals surface area contributed by atoms with E-state index >= 15 is 0 Å². The number of aliphatic carboxylic acids is 1. The largest absolute Gasteiger partial charge is 0.481 e. The van der Waals surface area contributed by atoms with Gasteiger partial charge in [-0.25, -0.2) is 18.7 Å². The Morgan fingerprint density at radius 3 is 2.65 bits per heavy atom. The second kappa shape index (κ2) is 4.60. The minimum Gasteiger partial charge on any atom is -0.481 e. The first-order valence-corrected chi connectivity index (χ1v) is 5.17. The van der Waals surface area contributed by atoms with Crippen LogP contribution in [0.15, 0.2) is 12.4 Å². The Bertz CT molecular complexity index is 413. The average molecular weight is 243 g/mol. The van der Waals surface area contributed by atoms with Crippen molar-refractivity contribution in [2.75, 3.05) is 18.0 Å². The highest BCUT2D eigenvalue weighted by Gasteiger charge is 2.35. The quantitative estimate of drug-likeness (QED) is 0.834. The molecule has 1 aliphatic heterocycles. The van der Waals surface area contributed by atoms with Crippen LogP contribution in [-0.2, 0) is 4.79 Å². The van der Waals surface area contributed by atoms with Gasteiger partial charge in [-0.05, 0) is 6.42 Å². The van der Waals surface area contributed by atoms with Crippen molar-refractivity contribution < 1.29 is 18.7 Å². The number of rotatable bonds is 2. The molecule has 1 saturated heterocycles. The van der Waals surface area contributed by atoms with Crippen molar-refractivity contribution in [1.82, 2.24) is 9.97 Å². The zero-order valence-corrected chi connectivity index (χ0v) is 8.88. The Morgan fingerprint density at radius 1 is 1.47 bits per heavy atom. The summed E-state index contributed by atoms with van der Waals surface area (Å²) in [5.41, 5.74) is 0. The molecule has 0 radical (unpaired) electrons. The fourth-order valence-corrected chi connectivity index (χ4v) is 1.83. The van der Waals surface area contributed by atoms with Crippen LogP contribution in [0.1, 0.15) is 6.42 Å². The van der Waals surface area contributed by atoms with Gasteiger partial charge in [-0.3, -0.25) is 4.79 Å². The van der Waals surface area contributed by atoms with Gasteiger partial charge in [0.05, 0.1) is 24.9 Å². The number of piperidine rings is 1. The molecule has 0 bridgehead atoms. The van der Waals surface area contributed by atoms with Crippen molar-refractivity contribution in [1.29, 1.82) is 0 Å². The minimum atomic E-state index is -1.46. The number of carboxylic acids is 1. The average Bonchev–Trinajstić information content (AvgIpc) is 2.29. The normalized spacial score (nSPS) is 24.7. The number of alkyl halides is 1. The van der Waals surface area contributed by atoms with E-state index in [1.807, 2.05) is 0 Å². The maximum Gasteiger partial charge on any atom is 0.309 e. The summed E-state index contributed by atoms with van der Waals surface area (Å²) < 4.78 is 26.2. The lowest BCUT2D eigenvalue weighted by atomic mass is 9.95. The number of hydrogen-bond donors (Lipinski definition) is 1. The SMILES string of the molecule is O=C(O)C1CCN(c2ncc(F)cn2)C[C@H]1F. The smallest absolute Gasteiger partial charge is 0.309 e. The van der Waals surface area contributed by atoms with Crippen LogP contribution in [0.5, 0.6) is 0 Å². The third-order valence-corrected chi connectivity index (χ3v) is 2.75. The molecule has 1 aliphatic rings. The third-order valence-electron chi connectivity index (χ3n) is 2.75. The summed E-state index contributed by atoms with van der Waals surface area (Å²) in [6, 6.07) is 0. The van der Waals surface area contributed by atoms with Crippen LogP contribution >= 0.6 is 0 Å². The number of carboxylic acid groups (broad SMARTS) is 1. The second-order valence-electron chi connectivity index (χ2n) is 3.90. The zero-order chi connectivity index (χ0) is 12.4. The Kier molecular flexibility index (Phi) is 3.16. The summed E-state index contributed by atoms with van der Waals surface area (Å²) in [6.07, 6.45) is 0.726. The first-order chi connectivity index (χ1) is 8.08. The zero-order valence-electron chi connectivity index (χ0n) is 8.88. The van der Waals surface area contributed by atoms with Gasteiger partial charge in [-0.1, -0.05) is 0 Å². The Hall–Kier alpha value is -1.79. The maximum atomic E-state index is 13.6. The van der Waals surface area contributed by atoms with E-state index in [0.717, 1.165) is 12.4 Å². The molecule has 5 nitrogen and oxygen atoms in total. The van der Waals surface area contributed by atoms with E-state index in [1.54, 1.807) is 0 Å². The summed E-state index contributed by atoms with van der Waals surface area (Å²) in [4.78, 5) is 19.7. The molecule has 0 spiro atoms. The summed E-state index contributed by atoms with van der Waals surface area (Å²) in [6.45, 7) is 0.269. The van der Waals surface area contributed by atoms with Gasteiger partial charge in [-0.15, -0.1) is 0 Å². The van der Waals surface area contributed by atoms with Gasteiger partial charge in [0.2, 0.25) is 5.95 Å². The van der Waals surface area contributed by atoms with Crippen LogP contribution in [0.2, 0.25) is 0 Å². The standard InChI is InChI=1S/C10H11F2N3O2/c11-6-3-13-10(14-4-6)15-2-1-7(9(16)17)8(12)5-15/h3-4,7-8H,1-2,5H2,(H,16,17)/t7?,8-/m1/s1. The van der Waals surface area contributed by atoms with Crippen LogP contribution in [0.25, 0.3) is 0 Å². The van der Waals surface area contributed by atoms with Gasteiger partial charge in [0.25, 0.3) is 0 Å². The molecule has 17 heavy (non-hydrogen) atoms. The predicted octanol–water partition coefficient (Wildman–Crippen LogP) is 0.865. The fourth-order valence-electron chi connectivity index (χ4n) is 1.83. The predicted molar refractivity (Wildman–Crippen MR) is 54.8 cm³/mol. The van der Waals surface area contributed by atoms with Crippen molar-refractivity contribution in [3.63, 3.8) is 0 Å². The van der Waals surface area contributed by atoms with Crippen LogP contribution in [0.3, 0.4) is 0 Å². The lowest BCUT2D eigenvalue weighted by Gasteiger charge is -2.32. The van der Waals surface area contributed by atoms with Crippen LogP contribution in [0, 0.1) is 11.7 Å². The van der Waals surface area contributed by atoms with E-state index in [4.69, 9.17) is 5.11 Å². The van der Waals surface area contributed by atoms with Gasteiger partial charge >= 0.3 is 5.97 Å². The molecule has 92 valence electrons. The molecule has 1 N–H and O–H groups in total. The molecule has 0 aromatic carbocycles. The highest BCUT2D eigenvalue weighted by Crippen LogP contribution is 2.23. The second-order valence-corrected chi connectivity index (χ2v) is 3.90. The first kappa shape index (κ1) is 11.7. The molecular weight excluding hydrogens is 232 g/mol. The summed E-state index contributed by atoms with van der Waals surface area (Å²) in [7, 11) is 0. The highest BCUT2D eigenvalue weighted by atomic mass is 19.1. The van der Waals surface area contributed by atoms with E-state index in [1.165, 1.54) is 4.90 Å². The fraction of sp³-hybridized carbons (Fsp3) is 0.500. The topological polar surface area (TPSA) is 66.3 Å². The van der Waals surface area contributed by atoms with E-state index in [2.05, 4.69) is 9.97 Å². The van der Waals surface area contributed by atoms with Crippen molar-refractivity contribution in [3.05, 3.63) is 18.2 Å². The Balaban J connectivity index is 2.06. The van der Waals surface area contributed by atoms with Gasteiger partial charge in [0.1, 0.15) is 6.17 Å². The maximum absolute atomic E-state index is 13.6. The van der Waals surface area contributed by atoms with Gasteiger partial charge < -0.3 is 10.0 Å². The molecule has 0 saturated carbocycles. The molecule has 1 fully saturated rings. The van der Waals surface area contributed by atoms with Gasteiger partial charge in [0.15, 0.2) is 5.82 Å². The molecule has 0 amide bonds. The first-order valence-electron chi connectivity index (χ1n) is 5.17. The van der Waals surface area contributed by atoms with Crippen LogP contribution < -0.4 is 4.90 Å². The Labute approximate surface area is 96.1 Å². The van der Waals surface area contributed by atoms with E-state index in [0.29, 0.717) is 6.54 Å². The molecule has 7 heteroatoms. The summed E-state index contributed by atoms with van der Waals surface area (Å²) in [5.74, 6) is -2.45. The number of hydrogen-bond acceptors (Lipinski definition) is 4. The van der Waals surface area contributed by atoms with Crippen molar-refractivity contribution >= 4 is 11.9 Å². The van der Waals surface area contributed by atoms with Gasteiger partial charge in [-0.2, -0.15) is 0 Å². The molecule has 2 heterocycles. The summed E-state index contributed by atoms with van der Waals surface area (Å²) >= 11 is 0. The molecule has 1 unspecified atom stereocenters. The molecule has 1 aromatic heterocycles. The third kappa shape index (κ3) is 2.48. The van der Waals surface area contributed by atoms with Crippen LogP contribution in [0.4, 0.5) is 14.7 Å². The number of carbonyl (C=O) groups is 1. The molecular formula is C10H11F2N3O2. The highest BCUT2D eigenvalue weighted by molar-refractivity contribution is 5.71. The minimum absolute atomic E-state index is 0.0808. The van der Waals surface area contributed by atoms with Crippen LogP contribution in [-0.4, -0.2) is 40.3 Å². The van der Waals surface area contributed by atoms with Crippen molar-refractivity contribution in [3.8, 4) is 0 Å². The van der Waals surface area contributed by atoms with Crippen molar-refractivity contribution in [2.24, 2.45) is 5.92 Å². The number of anilines is 1. The van der Waals surface area contributed by atoms with Gasteiger partial charge in [0, 0.05) is 6.54 Å². The molecule has 1 aromatic rings. The number of aromatic nitrogens is 2. The van der Waals surface area contributed by atoms with E-state index < -0.39 is 23.9 Å². The number of nitrogens with zero attached hydrogens (tertiary/aromatic N) is 3. The van der Waals surface area contributed by atoms with Crippen molar-refractivity contribution in [2.45, 2.75) is 12.6 Å². The van der Waals surface area contributed by atoms with E-state index in [9.17, 15) is 13.6 Å². The molecule has 2 atom stereocenters. The number of halogens is 2. The lowest BCUT2D eigenvalue weighted by molar-refractivity contribution is -0.144. The molecule has 0 aliphatic carbocycles. The molecule has 2 rings (SSSR count). The summed E-state index contributed by atoms with van der Waals surface area (Å²) in [5, 5.41) is 8.76. The monoisotopic (exact) mass is 243 g/mol. The lowest BCUT2D eigenvalue weighted by Crippen LogP contribution is -2.45. The van der Waals surface area contributed by atoms with E-state index in [-0.39, 0.29) is 18.9 Å².